The van der Waals surface area contributed by atoms with Gasteiger partial charge in [-0.3, -0.25) is 0 Å². The standard InChI is InChI=1S/C16H25N3S/c1-2-14-11-19(7-8-20-14)16-13(10-17)9-12-5-3-4-6-15(12)18-16/h9,14H,2-8,10-11,17H2,1H3. The first-order valence-corrected chi connectivity index (χ1v) is 8.95. The SMILES string of the molecule is CCC1CN(c2nc3c(cc2CN)CCCC3)CCS1. The average Bonchev–Trinajstić information content (AvgIpc) is 2.53. The number of hydrogen-bond acceptors (Lipinski definition) is 4. The topological polar surface area (TPSA) is 42.2 Å². The molecule has 2 N–H and O–H groups in total. The maximum Gasteiger partial charge on any atom is 0.133 e. The molecule has 1 aromatic rings. The van der Waals surface area contributed by atoms with E-state index in [1.165, 1.54) is 54.1 Å². The van der Waals surface area contributed by atoms with Gasteiger partial charge in [-0.15, -0.1) is 0 Å². The van der Waals surface area contributed by atoms with Crippen LogP contribution in [0, 0.1) is 0 Å². The molecule has 1 atom stereocenters. The molecular weight excluding hydrogens is 266 g/mol. The number of nitrogens with zero attached hydrogens (tertiary/aromatic N) is 2. The van der Waals surface area contributed by atoms with Gasteiger partial charge in [0.05, 0.1) is 0 Å². The molecule has 0 bridgehead atoms. The van der Waals surface area contributed by atoms with Gasteiger partial charge in [0.2, 0.25) is 0 Å². The Hall–Kier alpha value is -0.740. The zero-order valence-corrected chi connectivity index (χ0v) is 13.2. The van der Waals surface area contributed by atoms with Gasteiger partial charge < -0.3 is 10.6 Å². The van der Waals surface area contributed by atoms with Crippen LogP contribution >= 0.6 is 11.8 Å². The average molecular weight is 291 g/mol. The molecular formula is C16H25N3S. The summed E-state index contributed by atoms with van der Waals surface area (Å²) in [6, 6.07) is 2.33. The van der Waals surface area contributed by atoms with E-state index >= 15 is 0 Å². The number of aryl methyl sites for hydroxylation is 2. The summed E-state index contributed by atoms with van der Waals surface area (Å²) >= 11 is 2.10. The van der Waals surface area contributed by atoms with E-state index in [9.17, 15) is 0 Å². The van der Waals surface area contributed by atoms with Gasteiger partial charge in [-0.2, -0.15) is 11.8 Å². The molecule has 1 saturated heterocycles. The first-order chi connectivity index (χ1) is 9.81. The molecule has 1 aliphatic carbocycles. The van der Waals surface area contributed by atoms with Gasteiger partial charge in [0.1, 0.15) is 5.82 Å². The molecule has 0 spiro atoms. The van der Waals surface area contributed by atoms with E-state index in [0.717, 1.165) is 24.8 Å². The summed E-state index contributed by atoms with van der Waals surface area (Å²) in [5.41, 5.74) is 10.0. The van der Waals surface area contributed by atoms with Gasteiger partial charge in [-0.1, -0.05) is 6.92 Å². The highest BCUT2D eigenvalue weighted by Gasteiger charge is 2.23. The smallest absolute Gasteiger partial charge is 0.133 e. The Morgan fingerprint density at radius 1 is 1.40 bits per heavy atom. The molecule has 1 aromatic heterocycles. The van der Waals surface area contributed by atoms with Crippen molar-refractivity contribution in [3.63, 3.8) is 0 Å². The molecule has 0 radical (unpaired) electrons. The fourth-order valence-corrected chi connectivity index (χ4v) is 4.43. The highest BCUT2D eigenvalue weighted by Crippen LogP contribution is 2.30. The molecule has 110 valence electrons. The Labute approximate surface area is 126 Å². The van der Waals surface area contributed by atoms with Crippen LogP contribution in [0.1, 0.15) is 43.0 Å². The Morgan fingerprint density at radius 2 is 2.25 bits per heavy atom. The van der Waals surface area contributed by atoms with E-state index in [-0.39, 0.29) is 0 Å². The summed E-state index contributed by atoms with van der Waals surface area (Å²) in [5, 5.41) is 0.743. The lowest BCUT2D eigenvalue weighted by molar-refractivity contribution is 0.657. The maximum atomic E-state index is 5.99. The first kappa shape index (κ1) is 14.2. The van der Waals surface area contributed by atoms with Crippen molar-refractivity contribution in [3.05, 3.63) is 22.9 Å². The lowest BCUT2D eigenvalue weighted by Gasteiger charge is -2.34. The number of hydrogen-bond donors (Lipinski definition) is 1. The lowest BCUT2D eigenvalue weighted by Crippen LogP contribution is -2.39. The van der Waals surface area contributed by atoms with Gasteiger partial charge in [-0.25, -0.2) is 4.98 Å². The molecule has 3 nitrogen and oxygen atoms in total. The van der Waals surface area contributed by atoms with E-state index in [2.05, 4.69) is 29.7 Å². The highest BCUT2D eigenvalue weighted by molar-refractivity contribution is 8.00. The van der Waals surface area contributed by atoms with Crippen molar-refractivity contribution in [1.29, 1.82) is 0 Å². The third-order valence-corrected chi connectivity index (χ3v) is 5.84. The van der Waals surface area contributed by atoms with Gasteiger partial charge in [0.25, 0.3) is 0 Å². The van der Waals surface area contributed by atoms with Crippen molar-refractivity contribution in [3.8, 4) is 0 Å². The summed E-state index contributed by atoms with van der Waals surface area (Å²) in [5.74, 6) is 2.38. The second-order valence-corrected chi connectivity index (χ2v) is 7.24. The molecule has 0 saturated carbocycles. The molecule has 20 heavy (non-hydrogen) atoms. The van der Waals surface area contributed by atoms with Crippen molar-refractivity contribution < 1.29 is 0 Å². The van der Waals surface area contributed by atoms with E-state index in [1.54, 1.807) is 0 Å². The molecule has 1 aliphatic heterocycles. The second kappa shape index (κ2) is 6.35. The van der Waals surface area contributed by atoms with Crippen LogP contribution in [-0.2, 0) is 19.4 Å². The Morgan fingerprint density at radius 3 is 3.05 bits per heavy atom. The van der Waals surface area contributed by atoms with E-state index in [4.69, 9.17) is 10.7 Å². The maximum absolute atomic E-state index is 5.99. The second-order valence-electron chi connectivity index (χ2n) is 5.84. The Balaban J connectivity index is 1.91. The van der Waals surface area contributed by atoms with Crippen molar-refractivity contribution in [1.82, 2.24) is 4.98 Å². The number of fused-ring (bicyclic) bond motifs is 1. The number of pyridine rings is 1. The van der Waals surface area contributed by atoms with Crippen LogP contribution in [-0.4, -0.2) is 29.1 Å². The molecule has 0 aromatic carbocycles. The molecule has 0 amide bonds. The number of aromatic nitrogens is 1. The minimum atomic E-state index is 0.607. The summed E-state index contributed by atoms with van der Waals surface area (Å²) < 4.78 is 0. The molecule has 2 aliphatic rings. The normalized spacial score (nSPS) is 22.7. The van der Waals surface area contributed by atoms with Crippen molar-refractivity contribution >= 4 is 17.6 Å². The fraction of sp³-hybridized carbons (Fsp3) is 0.688. The lowest BCUT2D eigenvalue weighted by atomic mass is 9.94. The quantitative estimate of drug-likeness (QED) is 0.930. The zero-order chi connectivity index (χ0) is 13.9. The van der Waals surface area contributed by atoms with Crippen LogP contribution in [0.2, 0.25) is 0 Å². The minimum absolute atomic E-state index is 0.607. The number of thioether (sulfide) groups is 1. The third-order valence-electron chi connectivity index (χ3n) is 4.47. The van der Waals surface area contributed by atoms with Crippen LogP contribution < -0.4 is 10.6 Å². The summed E-state index contributed by atoms with van der Waals surface area (Å²) in [6.45, 7) is 5.13. The largest absolute Gasteiger partial charge is 0.354 e. The van der Waals surface area contributed by atoms with Gasteiger partial charge in [-0.05, 0) is 43.7 Å². The molecule has 4 heteroatoms. The predicted octanol–water partition coefficient (Wildman–Crippen LogP) is 2.75. The van der Waals surface area contributed by atoms with Crippen LogP contribution in [0.15, 0.2) is 6.07 Å². The fourth-order valence-electron chi connectivity index (χ4n) is 3.25. The predicted molar refractivity (Wildman–Crippen MR) is 87.5 cm³/mol. The van der Waals surface area contributed by atoms with Gasteiger partial charge >= 0.3 is 0 Å². The zero-order valence-electron chi connectivity index (χ0n) is 12.4. The van der Waals surface area contributed by atoms with Crippen LogP contribution in [0.5, 0.6) is 0 Å². The third kappa shape index (κ3) is 2.82. The van der Waals surface area contributed by atoms with Crippen LogP contribution in [0.25, 0.3) is 0 Å². The summed E-state index contributed by atoms with van der Waals surface area (Å²) in [6.07, 6.45) is 6.16. The van der Waals surface area contributed by atoms with Crippen molar-refractivity contribution in [2.45, 2.75) is 50.8 Å². The van der Waals surface area contributed by atoms with Gasteiger partial charge in [0, 0.05) is 41.9 Å². The molecule has 2 heterocycles. The molecule has 1 unspecified atom stereocenters. The Bertz CT molecular complexity index is 475. The Kier molecular flexibility index (Phi) is 4.51. The van der Waals surface area contributed by atoms with Crippen LogP contribution in [0.4, 0.5) is 5.82 Å². The monoisotopic (exact) mass is 291 g/mol. The number of nitrogens with two attached hydrogens (primary N) is 1. The summed E-state index contributed by atoms with van der Waals surface area (Å²) in [4.78, 5) is 7.49. The van der Waals surface area contributed by atoms with E-state index < -0.39 is 0 Å². The van der Waals surface area contributed by atoms with Crippen molar-refractivity contribution in [2.75, 3.05) is 23.7 Å². The van der Waals surface area contributed by atoms with E-state index in [1.807, 2.05) is 0 Å². The van der Waals surface area contributed by atoms with E-state index in [0.29, 0.717) is 6.54 Å². The first-order valence-electron chi connectivity index (χ1n) is 7.90. The minimum Gasteiger partial charge on any atom is -0.354 e. The molecule has 3 rings (SSSR count). The number of rotatable bonds is 3. The summed E-state index contributed by atoms with van der Waals surface area (Å²) in [7, 11) is 0. The van der Waals surface area contributed by atoms with Crippen molar-refractivity contribution in [2.24, 2.45) is 5.73 Å². The van der Waals surface area contributed by atoms with Gasteiger partial charge in [0.15, 0.2) is 0 Å². The highest BCUT2D eigenvalue weighted by atomic mass is 32.2. The van der Waals surface area contributed by atoms with Crippen LogP contribution in [0.3, 0.4) is 0 Å². The number of anilines is 1. The molecule has 1 fully saturated rings.